The molecular formula is C17H14F2N4O. The second-order valence-electron chi connectivity index (χ2n) is 5.29. The van der Waals surface area contributed by atoms with E-state index in [1.165, 1.54) is 6.07 Å². The number of carbonyl (C=O) groups is 1. The summed E-state index contributed by atoms with van der Waals surface area (Å²) in [5.41, 5.74) is 1.42. The van der Waals surface area contributed by atoms with E-state index in [0.29, 0.717) is 17.3 Å². The van der Waals surface area contributed by atoms with Crippen LogP contribution >= 0.6 is 0 Å². The highest BCUT2D eigenvalue weighted by molar-refractivity contribution is 5.92. The molecule has 0 spiro atoms. The molecule has 1 amide bonds. The number of rotatable bonds is 4. The number of benzene rings is 2. The first-order valence-corrected chi connectivity index (χ1v) is 7.24. The van der Waals surface area contributed by atoms with Gasteiger partial charge < -0.3 is 5.32 Å². The van der Waals surface area contributed by atoms with E-state index in [1.54, 1.807) is 25.1 Å². The number of carbonyl (C=O) groups excluding carboxylic acids is 1. The van der Waals surface area contributed by atoms with Crippen molar-refractivity contribution in [1.82, 2.24) is 15.2 Å². The fourth-order valence-electron chi connectivity index (χ4n) is 2.25. The fourth-order valence-corrected chi connectivity index (χ4v) is 2.25. The Labute approximate surface area is 136 Å². The second kappa shape index (κ2) is 6.57. The normalized spacial score (nSPS) is 10.6. The molecule has 0 aliphatic heterocycles. The molecule has 0 saturated carbocycles. The number of H-pyrrole nitrogens is 1. The minimum Gasteiger partial charge on any atom is -0.326 e. The van der Waals surface area contributed by atoms with Crippen LogP contribution in [0.2, 0.25) is 0 Å². The van der Waals surface area contributed by atoms with E-state index in [1.807, 2.05) is 6.07 Å². The SMILES string of the molecule is Cc1nc(-c2cccc(NC(=O)Cc3ccc(F)cc3F)c2)n[nH]1. The summed E-state index contributed by atoms with van der Waals surface area (Å²) >= 11 is 0. The van der Waals surface area contributed by atoms with Gasteiger partial charge in [0.15, 0.2) is 5.82 Å². The molecule has 0 unspecified atom stereocenters. The van der Waals surface area contributed by atoms with Crippen molar-refractivity contribution in [3.8, 4) is 11.4 Å². The first-order valence-electron chi connectivity index (χ1n) is 7.24. The van der Waals surface area contributed by atoms with Crippen LogP contribution in [-0.4, -0.2) is 21.1 Å². The molecule has 0 saturated heterocycles. The summed E-state index contributed by atoms with van der Waals surface area (Å²) in [6.07, 6.45) is -0.184. The summed E-state index contributed by atoms with van der Waals surface area (Å²) < 4.78 is 26.5. The van der Waals surface area contributed by atoms with Crippen LogP contribution in [0.1, 0.15) is 11.4 Å². The molecule has 0 aliphatic carbocycles. The Morgan fingerprint density at radius 1 is 1.21 bits per heavy atom. The standard InChI is InChI=1S/C17H14F2N4O/c1-10-20-17(23-22-10)12-3-2-4-14(7-12)21-16(24)8-11-5-6-13(18)9-15(11)19/h2-7,9H,8H2,1H3,(H,21,24)(H,20,22,23). The first kappa shape index (κ1) is 15.8. The summed E-state index contributed by atoms with van der Waals surface area (Å²) in [5.74, 6) is -0.607. The summed E-state index contributed by atoms with van der Waals surface area (Å²) in [6.45, 7) is 1.79. The van der Waals surface area contributed by atoms with Gasteiger partial charge in [0, 0.05) is 17.3 Å². The van der Waals surface area contributed by atoms with Crippen molar-refractivity contribution in [2.45, 2.75) is 13.3 Å². The van der Waals surface area contributed by atoms with Gasteiger partial charge in [0.2, 0.25) is 5.91 Å². The zero-order valence-corrected chi connectivity index (χ0v) is 12.8. The second-order valence-corrected chi connectivity index (χ2v) is 5.29. The van der Waals surface area contributed by atoms with Gasteiger partial charge in [0.05, 0.1) is 6.42 Å². The lowest BCUT2D eigenvalue weighted by atomic mass is 10.1. The van der Waals surface area contributed by atoms with E-state index in [4.69, 9.17) is 0 Å². The predicted molar refractivity (Wildman–Crippen MR) is 85.2 cm³/mol. The molecule has 3 rings (SSSR count). The van der Waals surface area contributed by atoms with Crippen LogP contribution in [0, 0.1) is 18.6 Å². The summed E-state index contributed by atoms with van der Waals surface area (Å²) in [6, 6.07) is 10.2. The molecule has 0 fully saturated rings. The van der Waals surface area contributed by atoms with Gasteiger partial charge in [-0.25, -0.2) is 13.8 Å². The molecule has 2 N–H and O–H groups in total. The number of anilines is 1. The van der Waals surface area contributed by atoms with Crippen molar-refractivity contribution in [2.75, 3.05) is 5.32 Å². The van der Waals surface area contributed by atoms with Gasteiger partial charge in [-0.3, -0.25) is 9.89 Å². The molecule has 0 radical (unpaired) electrons. The van der Waals surface area contributed by atoms with Gasteiger partial charge in [0.25, 0.3) is 0 Å². The van der Waals surface area contributed by atoms with E-state index in [9.17, 15) is 13.6 Å². The van der Waals surface area contributed by atoms with Crippen LogP contribution in [0.25, 0.3) is 11.4 Å². The zero-order valence-electron chi connectivity index (χ0n) is 12.8. The van der Waals surface area contributed by atoms with E-state index < -0.39 is 17.5 Å². The lowest BCUT2D eigenvalue weighted by molar-refractivity contribution is -0.115. The quantitative estimate of drug-likeness (QED) is 0.772. The minimum absolute atomic E-state index is 0.134. The molecule has 3 aromatic rings. The lowest BCUT2D eigenvalue weighted by Gasteiger charge is -2.07. The molecule has 1 heterocycles. The highest BCUT2D eigenvalue weighted by Crippen LogP contribution is 2.19. The fraction of sp³-hybridized carbons (Fsp3) is 0.118. The zero-order chi connectivity index (χ0) is 17.1. The van der Waals surface area contributed by atoms with Gasteiger partial charge in [-0.2, -0.15) is 5.10 Å². The Balaban J connectivity index is 1.72. The molecule has 1 aromatic heterocycles. The molecule has 24 heavy (non-hydrogen) atoms. The first-order chi connectivity index (χ1) is 11.5. The minimum atomic E-state index is -0.741. The highest BCUT2D eigenvalue weighted by atomic mass is 19.1. The Kier molecular flexibility index (Phi) is 4.33. The maximum Gasteiger partial charge on any atom is 0.228 e. The van der Waals surface area contributed by atoms with Crippen LogP contribution in [0.3, 0.4) is 0 Å². The molecule has 0 atom stereocenters. The Morgan fingerprint density at radius 2 is 2.04 bits per heavy atom. The van der Waals surface area contributed by atoms with Gasteiger partial charge in [0.1, 0.15) is 17.5 Å². The maximum atomic E-state index is 13.6. The monoisotopic (exact) mass is 328 g/mol. The van der Waals surface area contributed by atoms with Crippen LogP contribution in [0.4, 0.5) is 14.5 Å². The van der Waals surface area contributed by atoms with E-state index in [2.05, 4.69) is 20.5 Å². The number of halogens is 2. The van der Waals surface area contributed by atoms with Crippen molar-refractivity contribution < 1.29 is 13.6 Å². The lowest BCUT2D eigenvalue weighted by Crippen LogP contribution is -2.15. The van der Waals surface area contributed by atoms with E-state index in [-0.39, 0.29) is 12.0 Å². The number of nitrogens with zero attached hydrogens (tertiary/aromatic N) is 2. The van der Waals surface area contributed by atoms with Gasteiger partial charge in [-0.15, -0.1) is 0 Å². The molecule has 0 aliphatic rings. The molecule has 7 heteroatoms. The number of hydrogen-bond donors (Lipinski definition) is 2. The number of aromatic amines is 1. The third kappa shape index (κ3) is 3.62. The number of amides is 1. The van der Waals surface area contributed by atoms with Gasteiger partial charge >= 0.3 is 0 Å². The van der Waals surface area contributed by atoms with E-state index >= 15 is 0 Å². The largest absolute Gasteiger partial charge is 0.326 e. The number of hydrogen-bond acceptors (Lipinski definition) is 3. The van der Waals surface area contributed by atoms with E-state index in [0.717, 1.165) is 17.7 Å². The topological polar surface area (TPSA) is 70.7 Å². The number of nitrogens with one attached hydrogen (secondary N) is 2. The Bertz CT molecular complexity index is 892. The van der Waals surface area contributed by atoms with Crippen molar-refractivity contribution in [3.63, 3.8) is 0 Å². The molecule has 2 aromatic carbocycles. The average molecular weight is 328 g/mol. The van der Waals surface area contributed by atoms with Crippen LogP contribution in [-0.2, 0) is 11.2 Å². The Hall–Kier alpha value is -3.09. The maximum absolute atomic E-state index is 13.6. The summed E-state index contributed by atoms with van der Waals surface area (Å²) in [4.78, 5) is 16.3. The predicted octanol–water partition coefficient (Wildman–Crippen LogP) is 3.24. The number of aryl methyl sites for hydroxylation is 1. The number of aromatic nitrogens is 3. The Morgan fingerprint density at radius 3 is 2.75 bits per heavy atom. The average Bonchev–Trinajstić information content (AvgIpc) is 2.97. The third-order valence-electron chi connectivity index (χ3n) is 3.37. The molecule has 122 valence electrons. The van der Waals surface area contributed by atoms with Crippen molar-refractivity contribution in [1.29, 1.82) is 0 Å². The molecule has 0 bridgehead atoms. The van der Waals surface area contributed by atoms with Crippen LogP contribution in [0.15, 0.2) is 42.5 Å². The molecule has 5 nitrogen and oxygen atoms in total. The summed E-state index contributed by atoms with van der Waals surface area (Å²) in [7, 11) is 0. The van der Waals surface area contributed by atoms with Crippen molar-refractivity contribution in [3.05, 3.63) is 65.5 Å². The third-order valence-corrected chi connectivity index (χ3v) is 3.37. The highest BCUT2D eigenvalue weighted by Gasteiger charge is 2.11. The van der Waals surface area contributed by atoms with Crippen LogP contribution in [0.5, 0.6) is 0 Å². The van der Waals surface area contributed by atoms with Crippen LogP contribution < -0.4 is 5.32 Å². The van der Waals surface area contributed by atoms with Crippen molar-refractivity contribution in [2.24, 2.45) is 0 Å². The van der Waals surface area contributed by atoms with Gasteiger partial charge in [-0.1, -0.05) is 18.2 Å². The van der Waals surface area contributed by atoms with Crippen molar-refractivity contribution >= 4 is 11.6 Å². The summed E-state index contributed by atoms with van der Waals surface area (Å²) in [5, 5.41) is 9.49. The molecular weight excluding hydrogens is 314 g/mol. The van der Waals surface area contributed by atoms with Gasteiger partial charge in [-0.05, 0) is 30.7 Å². The smallest absolute Gasteiger partial charge is 0.228 e.